The summed E-state index contributed by atoms with van der Waals surface area (Å²) in [5, 5.41) is -0.188. The number of rotatable bonds is 1. The second-order valence-electron chi connectivity index (χ2n) is 1.79. The molecule has 0 N–H and O–H groups in total. The van der Waals surface area contributed by atoms with Crippen LogP contribution in [0, 0.1) is 5.82 Å². The summed E-state index contributed by atoms with van der Waals surface area (Å²) in [5.74, 6) is -0.900. The smallest absolute Gasteiger partial charge is 0.156 e. The van der Waals surface area contributed by atoms with Crippen molar-refractivity contribution in [2.24, 2.45) is 0 Å². The summed E-state index contributed by atoms with van der Waals surface area (Å²) in [6, 6.07) is 3.80. The zero-order valence-corrected chi connectivity index (χ0v) is 6.79. The maximum absolute atomic E-state index is 12.7. The Morgan fingerprint density at radius 3 is 2.64 bits per heavy atom. The van der Waals surface area contributed by atoms with Gasteiger partial charge in [0.15, 0.2) is 5.82 Å². The van der Waals surface area contributed by atoms with E-state index in [0.717, 1.165) is 6.07 Å². The van der Waals surface area contributed by atoms with Crippen LogP contribution in [0.2, 0.25) is 5.02 Å². The largest absolute Gasteiger partial charge is 0.768 e. The highest BCUT2D eigenvalue weighted by Crippen LogP contribution is 2.19. The van der Waals surface area contributed by atoms with Gasteiger partial charge in [0.25, 0.3) is 0 Å². The van der Waals surface area contributed by atoms with E-state index >= 15 is 0 Å². The van der Waals surface area contributed by atoms with Crippen LogP contribution in [0.4, 0.5) is 4.39 Å². The van der Waals surface area contributed by atoms with E-state index in [1.54, 1.807) is 0 Å². The first-order valence-corrected chi connectivity index (χ1v) is 4.11. The SMILES string of the molecule is O=S([O-])c1cccc(Cl)c1F. The Hall–Kier alpha value is -0.450. The van der Waals surface area contributed by atoms with Gasteiger partial charge in [-0.05, 0) is 23.2 Å². The van der Waals surface area contributed by atoms with Crippen LogP contribution in [0.3, 0.4) is 0 Å². The highest BCUT2D eigenvalue weighted by Gasteiger charge is 2.04. The fourth-order valence-electron chi connectivity index (χ4n) is 0.613. The first-order chi connectivity index (χ1) is 5.13. The molecule has 0 aliphatic rings. The van der Waals surface area contributed by atoms with Crippen LogP contribution in [-0.2, 0) is 11.1 Å². The van der Waals surface area contributed by atoms with Gasteiger partial charge in [-0.1, -0.05) is 17.7 Å². The molecule has 0 fully saturated rings. The lowest BCUT2D eigenvalue weighted by atomic mass is 10.3. The molecule has 5 heteroatoms. The van der Waals surface area contributed by atoms with Gasteiger partial charge in [-0.3, -0.25) is 4.21 Å². The van der Waals surface area contributed by atoms with Crippen LogP contribution in [0.25, 0.3) is 0 Å². The third-order valence-electron chi connectivity index (χ3n) is 1.10. The van der Waals surface area contributed by atoms with E-state index in [1.165, 1.54) is 12.1 Å². The lowest BCUT2D eigenvalue weighted by Gasteiger charge is -2.05. The first kappa shape index (κ1) is 8.64. The normalized spacial score (nSPS) is 13.0. The van der Waals surface area contributed by atoms with Crippen LogP contribution in [0.5, 0.6) is 0 Å². The molecule has 0 spiro atoms. The van der Waals surface area contributed by atoms with Gasteiger partial charge < -0.3 is 4.55 Å². The third-order valence-corrected chi connectivity index (χ3v) is 2.06. The van der Waals surface area contributed by atoms with E-state index in [1.807, 2.05) is 0 Å². The second kappa shape index (κ2) is 3.30. The maximum atomic E-state index is 12.7. The molecule has 60 valence electrons. The van der Waals surface area contributed by atoms with Crippen molar-refractivity contribution in [3.63, 3.8) is 0 Å². The van der Waals surface area contributed by atoms with Gasteiger partial charge in [0, 0.05) is 0 Å². The van der Waals surface area contributed by atoms with Gasteiger partial charge in [-0.25, -0.2) is 4.39 Å². The molecule has 0 aromatic heterocycles. The first-order valence-electron chi connectivity index (χ1n) is 2.66. The van der Waals surface area contributed by atoms with E-state index in [2.05, 4.69) is 0 Å². The Labute approximate surface area is 70.3 Å². The Morgan fingerprint density at radius 2 is 2.18 bits per heavy atom. The molecule has 0 bridgehead atoms. The van der Waals surface area contributed by atoms with Crippen LogP contribution in [0.15, 0.2) is 23.1 Å². The van der Waals surface area contributed by atoms with Gasteiger partial charge in [0.2, 0.25) is 0 Å². The molecular formula is C6H3ClFO2S-. The van der Waals surface area contributed by atoms with Crippen LogP contribution in [0.1, 0.15) is 0 Å². The second-order valence-corrected chi connectivity index (χ2v) is 3.10. The van der Waals surface area contributed by atoms with Gasteiger partial charge in [0.05, 0.1) is 9.92 Å². The van der Waals surface area contributed by atoms with E-state index in [9.17, 15) is 13.2 Å². The standard InChI is InChI=1S/C6H4ClFO2S/c7-4-2-1-3-5(6(4)8)11(9)10/h1-3H,(H,9,10)/p-1. The molecule has 1 rings (SSSR count). The molecule has 0 aliphatic carbocycles. The Morgan fingerprint density at radius 1 is 1.55 bits per heavy atom. The molecule has 0 radical (unpaired) electrons. The van der Waals surface area contributed by atoms with Gasteiger partial charge in [-0.2, -0.15) is 0 Å². The summed E-state index contributed by atoms with van der Waals surface area (Å²) in [6.07, 6.45) is 0. The van der Waals surface area contributed by atoms with Crippen LogP contribution in [-0.4, -0.2) is 8.76 Å². The number of hydrogen-bond donors (Lipinski definition) is 0. The van der Waals surface area contributed by atoms with Gasteiger partial charge >= 0.3 is 0 Å². The summed E-state index contributed by atoms with van der Waals surface area (Å²) >= 11 is 2.75. The van der Waals surface area contributed by atoms with Crippen LogP contribution >= 0.6 is 11.6 Å². The van der Waals surface area contributed by atoms with Crippen molar-refractivity contribution in [1.82, 2.24) is 0 Å². The fourth-order valence-corrected chi connectivity index (χ4v) is 1.29. The van der Waals surface area contributed by atoms with E-state index < -0.39 is 21.8 Å². The van der Waals surface area contributed by atoms with Crippen molar-refractivity contribution in [2.45, 2.75) is 4.90 Å². The maximum Gasteiger partial charge on any atom is 0.156 e. The summed E-state index contributed by atoms with van der Waals surface area (Å²) in [7, 11) is 0. The Balaban J connectivity index is 3.27. The predicted octanol–water partition coefficient (Wildman–Crippen LogP) is 1.72. The molecule has 0 saturated heterocycles. The molecule has 11 heavy (non-hydrogen) atoms. The quantitative estimate of drug-likeness (QED) is 0.638. The summed E-state index contributed by atoms with van der Waals surface area (Å²) < 4.78 is 33.3. The molecule has 0 heterocycles. The number of halogens is 2. The molecule has 0 aliphatic heterocycles. The molecular weight excluding hydrogens is 191 g/mol. The lowest BCUT2D eigenvalue weighted by Crippen LogP contribution is -1.93. The minimum absolute atomic E-state index is 0.188. The fraction of sp³-hybridized carbons (Fsp3) is 0. The molecule has 1 unspecified atom stereocenters. The average molecular weight is 194 g/mol. The zero-order valence-electron chi connectivity index (χ0n) is 5.21. The summed E-state index contributed by atoms with van der Waals surface area (Å²) in [6.45, 7) is 0. The highest BCUT2D eigenvalue weighted by atomic mass is 35.5. The van der Waals surface area contributed by atoms with Gasteiger partial charge in [-0.15, -0.1) is 0 Å². The van der Waals surface area contributed by atoms with Crippen LogP contribution < -0.4 is 0 Å². The number of hydrogen-bond acceptors (Lipinski definition) is 2. The predicted molar refractivity (Wildman–Crippen MR) is 38.6 cm³/mol. The van der Waals surface area contributed by atoms with E-state index in [4.69, 9.17) is 11.6 Å². The summed E-state index contributed by atoms with van der Waals surface area (Å²) in [5.41, 5.74) is 0. The topological polar surface area (TPSA) is 40.1 Å². The molecule has 0 amide bonds. The third kappa shape index (κ3) is 1.77. The van der Waals surface area contributed by atoms with E-state index in [-0.39, 0.29) is 5.02 Å². The minimum atomic E-state index is -2.56. The van der Waals surface area contributed by atoms with E-state index in [0.29, 0.717) is 0 Å². The average Bonchev–Trinajstić information content (AvgIpc) is 1.94. The molecule has 2 nitrogen and oxygen atoms in total. The number of benzene rings is 1. The molecule has 0 saturated carbocycles. The van der Waals surface area contributed by atoms with Crippen molar-refractivity contribution in [3.05, 3.63) is 29.0 Å². The van der Waals surface area contributed by atoms with Crippen molar-refractivity contribution < 1.29 is 13.2 Å². The van der Waals surface area contributed by atoms with Gasteiger partial charge in [0.1, 0.15) is 0 Å². The van der Waals surface area contributed by atoms with Crippen molar-refractivity contribution >= 4 is 22.7 Å². The van der Waals surface area contributed by atoms with Crippen molar-refractivity contribution in [3.8, 4) is 0 Å². The molecule has 1 aromatic carbocycles. The molecule has 1 atom stereocenters. The lowest BCUT2D eigenvalue weighted by molar-refractivity contribution is 0.523. The Kier molecular flexibility index (Phi) is 2.59. The molecule has 1 aromatic rings. The van der Waals surface area contributed by atoms with Crippen molar-refractivity contribution in [2.75, 3.05) is 0 Å². The highest BCUT2D eigenvalue weighted by molar-refractivity contribution is 7.79. The summed E-state index contributed by atoms with van der Waals surface area (Å²) in [4.78, 5) is -0.405. The minimum Gasteiger partial charge on any atom is -0.768 e. The van der Waals surface area contributed by atoms with Crippen molar-refractivity contribution in [1.29, 1.82) is 0 Å². The Bertz CT molecular complexity index is 303. The zero-order chi connectivity index (χ0) is 8.43. The monoisotopic (exact) mass is 193 g/mol.